The molecule has 0 aromatic carbocycles. The van der Waals surface area contributed by atoms with Crippen LogP contribution in [0.1, 0.15) is 25.7 Å². The summed E-state index contributed by atoms with van der Waals surface area (Å²) >= 11 is -1.10. The predicted octanol–water partition coefficient (Wildman–Crippen LogP) is 3.27. The quantitative estimate of drug-likeness (QED) is 0.510. The summed E-state index contributed by atoms with van der Waals surface area (Å²) in [5, 5.41) is 3.28. The van der Waals surface area contributed by atoms with Crippen LogP contribution in [0.2, 0.25) is 22.0 Å². The second-order valence-corrected chi connectivity index (χ2v) is 15.3. The van der Waals surface area contributed by atoms with Gasteiger partial charge < -0.3 is 0 Å². The average Bonchev–Trinajstić information content (AvgIpc) is 1.92. The molecule has 0 spiro atoms. The Bertz CT molecular complexity index is 76.6. The maximum absolute atomic E-state index is 2.59. The molecule has 0 bridgehead atoms. The van der Waals surface area contributed by atoms with Crippen LogP contribution in [0, 0.1) is 0 Å². The predicted molar refractivity (Wildman–Crippen MR) is 45.6 cm³/mol. The van der Waals surface area contributed by atoms with E-state index in [9.17, 15) is 0 Å². The Morgan fingerprint density at radius 3 is 1.67 bits per heavy atom. The zero-order valence-corrected chi connectivity index (χ0v) is 8.84. The molecular weight excluding hydrogens is 169 g/mol. The Morgan fingerprint density at radius 1 is 0.778 bits per heavy atom. The van der Waals surface area contributed by atoms with E-state index in [1.807, 2.05) is 0 Å². The monoisotopic (exact) mass is 188 g/mol. The van der Waals surface area contributed by atoms with Gasteiger partial charge >= 0.3 is 61.0 Å². The molecule has 0 aliphatic carbocycles. The van der Waals surface area contributed by atoms with Gasteiger partial charge in [0.05, 0.1) is 0 Å². The van der Waals surface area contributed by atoms with Crippen molar-refractivity contribution in [3.05, 3.63) is 0 Å². The molecule has 0 amide bonds. The molecule has 1 heteroatoms. The first-order valence-electron chi connectivity index (χ1n) is 4.21. The molecule has 1 saturated heterocycles. The summed E-state index contributed by atoms with van der Waals surface area (Å²) in [5.41, 5.74) is 0. The molecule has 1 fully saturated rings. The average molecular weight is 187 g/mol. The van der Waals surface area contributed by atoms with Crippen LogP contribution in [-0.2, 0) is 0 Å². The van der Waals surface area contributed by atoms with Crippen LogP contribution in [0.25, 0.3) is 0 Å². The summed E-state index contributed by atoms with van der Waals surface area (Å²) < 4.78 is 0. The molecule has 0 atom stereocenters. The van der Waals surface area contributed by atoms with Gasteiger partial charge in [0.2, 0.25) is 0 Å². The third-order valence-corrected chi connectivity index (χ3v) is 9.62. The van der Waals surface area contributed by atoms with Crippen LogP contribution in [0.3, 0.4) is 0 Å². The van der Waals surface area contributed by atoms with Gasteiger partial charge in [-0.1, -0.05) is 0 Å². The summed E-state index contributed by atoms with van der Waals surface area (Å²) in [6, 6.07) is 0. The Kier molecular flexibility index (Phi) is 2.63. The molecule has 1 aliphatic heterocycles. The van der Waals surface area contributed by atoms with Gasteiger partial charge in [-0.25, -0.2) is 0 Å². The molecule has 0 nitrogen and oxygen atoms in total. The molecule has 0 unspecified atom stereocenters. The van der Waals surface area contributed by atoms with E-state index >= 15 is 0 Å². The third-order valence-electron chi connectivity index (χ3n) is 2.46. The number of rotatable bonds is 0. The van der Waals surface area contributed by atoms with Gasteiger partial charge in [-0.2, -0.15) is 0 Å². The van der Waals surface area contributed by atoms with Crippen LogP contribution < -0.4 is 0 Å². The molecule has 54 valence electrons. The Labute approximate surface area is 61.4 Å². The van der Waals surface area contributed by atoms with Crippen molar-refractivity contribution in [2.75, 3.05) is 0 Å². The van der Waals surface area contributed by atoms with E-state index in [1.165, 1.54) is 12.8 Å². The fourth-order valence-corrected chi connectivity index (χ4v) is 7.28. The third kappa shape index (κ3) is 2.74. The van der Waals surface area contributed by atoms with Crippen molar-refractivity contribution < 1.29 is 0 Å². The summed E-state index contributed by atoms with van der Waals surface area (Å²) in [7, 11) is 0. The Hall–Kier alpha value is 0.543. The topological polar surface area (TPSA) is 0 Å². The molecule has 9 heavy (non-hydrogen) atoms. The molecule has 0 saturated carbocycles. The fourth-order valence-electron chi connectivity index (χ4n) is 1.69. The van der Waals surface area contributed by atoms with E-state index in [4.69, 9.17) is 0 Å². The van der Waals surface area contributed by atoms with Gasteiger partial charge in [0.25, 0.3) is 0 Å². The van der Waals surface area contributed by atoms with Crippen LogP contribution >= 0.6 is 0 Å². The van der Waals surface area contributed by atoms with Crippen molar-refractivity contribution >= 4 is 13.3 Å². The van der Waals surface area contributed by atoms with E-state index in [2.05, 4.69) is 11.5 Å². The van der Waals surface area contributed by atoms with Gasteiger partial charge in [0, 0.05) is 0 Å². The van der Waals surface area contributed by atoms with Gasteiger partial charge in [0.15, 0.2) is 0 Å². The summed E-state index contributed by atoms with van der Waals surface area (Å²) in [6.45, 7) is 0. The molecule has 0 N–H and O–H groups in total. The van der Waals surface area contributed by atoms with Gasteiger partial charge in [-0.15, -0.1) is 0 Å². The summed E-state index contributed by atoms with van der Waals surface area (Å²) in [6.07, 6.45) is 6.14. The first-order chi connectivity index (χ1) is 4.21. The van der Waals surface area contributed by atoms with Crippen molar-refractivity contribution in [2.45, 2.75) is 47.7 Å². The second-order valence-electron chi connectivity index (χ2n) is 4.08. The van der Waals surface area contributed by atoms with Crippen LogP contribution in [0.15, 0.2) is 0 Å². The van der Waals surface area contributed by atoms with Crippen molar-refractivity contribution in [3.8, 4) is 0 Å². The number of hydrogen-bond donors (Lipinski definition) is 0. The first-order valence-corrected chi connectivity index (χ1v) is 11.4. The van der Waals surface area contributed by atoms with Crippen LogP contribution in [-0.4, -0.2) is 13.3 Å². The second kappa shape index (κ2) is 3.09. The summed E-state index contributed by atoms with van der Waals surface area (Å²) in [5.74, 6) is 5.18. The minimum atomic E-state index is -1.10. The van der Waals surface area contributed by atoms with Crippen LogP contribution in [0.4, 0.5) is 0 Å². The normalized spacial score (nSPS) is 27.3. The number of hydrogen-bond acceptors (Lipinski definition) is 0. The van der Waals surface area contributed by atoms with E-state index in [-0.39, 0.29) is 0 Å². The van der Waals surface area contributed by atoms with E-state index < -0.39 is 13.3 Å². The van der Waals surface area contributed by atoms with E-state index in [1.54, 1.807) is 23.3 Å². The minimum absolute atomic E-state index is 1.10. The fraction of sp³-hybridized carbons (Fsp3) is 1.00. The molecule has 0 aromatic rings. The van der Waals surface area contributed by atoms with E-state index in [0.717, 1.165) is 0 Å². The molecule has 0 radical (unpaired) electrons. The van der Waals surface area contributed by atoms with Gasteiger partial charge in [0.1, 0.15) is 0 Å². The van der Waals surface area contributed by atoms with Crippen molar-refractivity contribution in [2.24, 2.45) is 0 Å². The summed E-state index contributed by atoms with van der Waals surface area (Å²) in [4.78, 5) is 0. The van der Waals surface area contributed by atoms with Crippen molar-refractivity contribution in [1.82, 2.24) is 0 Å². The molecular formula is C8H18Ge. The Balaban J connectivity index is 2.36. The first kappa shape index (κ1) is 7.65. The van der Waals surface area contributed by atoms with Crippen LogP contribution in [0.5, 0.6) is 0 Å². The SMILES string of the molecule is [CH3][Ge]1([CH3])[CH2]CCCC[CH2]1. The molecule has 1 rings (SSSR count). The molecule has 1 heterocycles. The Morgan fingerprint density at radius 2 is 1.22 bits per heavy atom. The van der Waals surface area contributed by atoms with Gasteiger partial charge in [-0.05, 0) is 0 Å². The van der Waals surface area contributed by atoms with Gasteiger partial charge in [-0.3, -0.25) is 0 Å². The zero-order chi connectivity index (χ0) is 6.74. The van der Waals surface area contributed by atoms with Crippen molar-refractivity contribution in [3.63, 3.8) is 0 Å². The molecule has 1 aliphatic rings. The molecule has 0 aromatic heterocycles. The zero-order valence-electron chi connectivity index (χ0n) is 6.74. The van der Waals surface area contributed by atoms with E-state index in [0.29, 0.717) is 0 Å². The maximum atomic E-state index is 2.59. The standard InChI is InChI=1S/C8H18Ge/c1-9(2)7-5-3-4-6-8-9/h3-8H2,1-2H3. The van der Waals surface area contributed by atoms with Crippen molar-refractivity contribution in [1.29, 1.82) is 0 Å².